The van der Waals surface area contributed by atoms with E-state index < -0.39 is 17.7 Å². The predicted molar refractivity (Wildman–Crippen MR) is 56.4 cm³/mol. The van der Waals surface area contributed by atoms with Crippen LogP contribution >= 0.6 is 0 Å². The third-order valence-corrected chi connectivity index (χ3v) is 2.55. The fraction of sp³-hybridized carbons (Fsp3) is 0.500. The lowest BCUT2D eigenvalue weighted by atomic mass is 10.0. The van der Waals surface area contributed by atoms with E-state index >= 15 is 0 Å². The molecule has 0 radical (unpaired) electrons. The van der Waals surface area contributed by atoms with Crippen molar-refractivity contribution in [1.29, 1.82) is 0 Å². The molecular formula is C12H13F5O. The summed E-state index contributed by atoms with van der Waals surface area (Å²) < 4.78 is 62.2. The molecule has 0 unspecified atom stereocenters. The minimum atomic E-state index is -5.58. The monoisotopic (exact) mass is 268 g/mol. The molecular weight excluding hydrogens is 255 g/mol. The van der Waals surface area contributed by atoms with Crippen molar-refractivity contribution in [2.24, 2.45) is 0 Å². The number of alkyl halides is 5. The van der Waals surface area contributed by atoms with Gasteiger partial charge in [-0.3, -0.25) is 0 Å². The number of halogens is 5. The Morgan fingerprint density at radius 1 is 0.889 bits per heavy atom. The van der Waals surface area contributed by atoms with Gasteiger partial charge in [-0.05, 0) is 24.8 Å². The van der Waals surface area contributed by atoms with E-state index in [1.54, 1.807) is 0 Å². The third kappa shape index (κ3) is 3.41. The van der Waals surface area contributed by atoms with Crippen LogP contribution < -0.4 is 0 Å². The summed E-state index contributed by atoms with van der Waals surface area (Å²) in [6.07, 6.45) is -3.81. The summed E-state index contributed by atoms with van der Waals surface area (Å²) >= 11 is 0. The van der Waals surface area contributed by atoms with Crippen molar-refractivity contribution in [3.63, 3.8) is 0 Å². The summed E-state index contributed by atoms with van der Waals surface area (Å²) in [4.78, 5) is 0. The van der Waals surface area contributed by atoms with E-state index in [1.807, 2.05) is 0 Å². The zero-order chi connectivity index (χ0) is 13.8. The van der Waals surface area contributed by atoms with Crippen LogP contribution in [0, 0.1) is 0 Å². The van der Waals surface area contributed by atoms with Gasteiger partial charge in [-0.2, -0.15) is 22.0 Å². The highest BCUT2D eigenvalue weighted by Gasteiger charge is 2.58. The highest BCUT2D eigenvalue weighted by atomic mass is 19.4. The number of aliphatic hydroxyl groups excluding tert-OH is 1. The first kappa shape index (κ1) is 14.9. The molecule has 0 aromatic heterocycles. The van der Waals surface area contributed by atoms with E-state index in [0.29, 0.717) is 24.8 Å². The molecule has 18 heavy (non-hydrogen) atoms. The summed E-state index contributed by atoms with van der Waals surface area (Å²) in [6, 6.07) is 4.10. The van der Waals surface area contributed by atoms with Crippen molar-refractivity contribution < 1.29 is 27.1 Å². The smallest absolute Gasteiger partial charge is 0.396 e. The average Bonchev–Trinajstić information content (AvgIpc) is 2.28. The first-order valence-corrected chi connectivity index (χ1v) is 5.44. The molecule has 1 nitrogen and oxygen atoms in total. The van der Waals surface area contributed by atoms with Gasteiger partial charge < -0.3 is 5.11 Å². The van der Waals surface area contributed by atoms with E-state index in [1.165, 1.54) is 12.1 Å². The van der Waals surface area contributed by atoms with Gasteiger partial charge in [0.25, 0.3) is 0 Å². The molecule has 0 fully saturated rings. The molecule has 0 spiro atoms. The van der Waals surface area contributed by atoms with Crippen LogP contribution in [-0.4, -0.2) is 17.9 Å². The molecule has 1 rings (SSSR count). The Hall–Kier alpha value is -1.17. The van der Waals surface area contributed by atoms with Crippen molar-refractivity contribution in [2.45, 2.75) is 31.4 Å². The molecule has 0 aliphatic carbocycles. The molecule has 0 heterocycles. The summed E-state index contributed by atoms with van der Waals surface area (Å²) in [7, 11) is 0. The van der Waals surface area contributed by atoms with Crippen LogP contribution in [0.3, 0.4) is 0 Å². The summed E-state index contributed by atoms with van der Waals surface area (Å²) in [5.74, 6) is -4.82. The average molecular weight is 268 g/mol. The number of benzene rings is 1. The molecule has 1 N–H and O–H groups in total. The van der Waals surface area contributed by atoms with Crippen LogP contribution in [0.1, 0.15) is 24.0 Å². The SMILES string of the molecule is OCCCCc1ccc(C(F)(F)C(F)(F)F)cc1. The normalized spacial score (nSPS) is 12.8. The minimum Gasteiger partial charge on any atom is -0.396 e. The second kappa shape index (κ2) is 5.65. The largest absolute Gasteiger partial charge is 0.458 e. The van der Waals surface area contributed by atoms with Gasteiger partial charge in [-0.1, -0.05) is 24.3 Å². The van der Waals surface area contributed by atoms with Crippen LogP contribution in [0.2, 0.25) is 0 Å². The Balaban J connectivity index is 2.77. The first-order chi connectivity index (χ1) is 8.29. The molecule has 0 amide bonds. The Morgan fingerprint density at radius 2 is 1.44 bits per heavy atom. The molecule has 0 atom stereocenters. The fourth-order valence-corrected chi connectivity index (χ4v) is 1.49. The van der Waals surface area contributed by atoms with Gasteiger partial charge in [0.2, 0.25) is 0 Å². The van der Waals surface area contributed by atoms with Crippen molar-refractivity contribution in [2.75, 3.05) is 6.61 Å². The van der Waals surface area contributed by atoms with E-state index in [9.17, 15) is 22.0 Å². The summed E-state index contributed by atoms with van der Waals surface area (Å²) in [6.45, 7) is 0.0320. The number of unbranched alkanes of at least 4 members (excludes halogenated alkanes) is 1. The molecule has 0 aliphatic rings. The van der Waals surface area contributed by atoms with Gasteiger partial charge in [-0.15, -0.1) is 0 Å². The van der Waals surface area contributed by atoms with Gasteiger partial charge >= 0.3 is 12.1 Å². The molecule has 0 aliphatic heterocycles. The standard InChI is InChI=1S/C12H13F5O/c13-11(14,12(15,16)17)10-6-4-9(5-7-10)3-1-2-8-18/h4-7,18H,1-3,8H2. The van der Waals surface area contributed by atoms with Crippen molar-refractivity contribution >= 4 is 0 Å². The Morgan fingerprint density at radius 3 is 1.89 bits per heavy atom. The quantitative estimate of drug-likeness (QED) is 0.638. The van der Waals surface area contributed by atoms with Crippen LogP contribution in [-0.2, 0) is 12.3 Å². The maximum atomic E-state index is 12.9. The van der Waals surface area contributed by atoms with Gasteiger partial charge in [0.15, 0.2) is 0 Å². The minimum absolute atomic E-state index is 0.0320. The lowest BCUT2D eigenvalue weighted by Crippen LogP contribution is -2.33. The maximum Gasteiger partial charge on any atom is 0.458 e. The van der Waals surface area contributed by atoms with Gasteiger partial charge in [-0.25, -0.2) is 0 Å². The number of aryl methyl sites for hydroxylation is 1. The van der Waals surface area contributed by atoms with Gasteiger partial charge in [0, 0.05) is 12.2 Å². The highest BCUT2D eigenvalue weighted by Crippen LogP contribution is 2.43. The zero-order valence-corrected chi connectivity index (χ0v) is 9.47. The molecule has 1 aromatic carbocycles. The third-order valence-electron chi connectivity index (χ3n) is 2.55. The van der Waals surface area contributed by atoms with E-state index in [4.69, 9.17) is 5.11 Å². The molecule has 0 saturated carbocycles. The van der Waals surface area contributed by atoms with Crippen LogP contribution in [0.4, 0.5) is 22.0 Å². The first-order valence-electron chi connectivity index (χ1n) is 5.44. The molecule has 1 aromatic rings. The van der Waals surface area contributed by atoms with Crippen molar-refractivity contribution in [3.8, 4) is 0 Å². The lowest BCUT2D eigenvalue weighted by molar-refractivity contribution is -0.289. The number of hydrogen-bond acceptors (Lipinski definition) is 1. The van der Waals surface area contributed by atoms with E-state index in [-0.39, 0.29) is 6.61 Å². The van der Waals surface area contributed by atoms with E-state index in [2.05, 4.69) is 0 Å². The second-order valence-corrected chi connectivity index (χ2v) is 3.95. The Bertz CT molecular complexity index is 369. The van der Waals surface area contributed by atoms with Gasteiger partial charge in [0.05, 0.1) is 0 Å². The van der Waals surface area contributed by atoms with Crippen LogP contribution in [0.25, 0.3) is 0 Å². The zero-order valence-electron chi connectivity index (χ0n) is 9.47. The predicted octanol–water partition coefficient (Wildman–Crippen LogP) is 3.66. The summed E-state index contributed by atoms with van der Waals surface area (Å²) in [5.41, 5.74) is -0.383. The second-order valence-electron chi connectivity index (χ2n) is 3.95. The molecule has 0 bridgehead atoms. The van der Waals surface area contributed by atoms with Crippen LogP contribution in [0.15, 0.2) is 24.3 Å². The number of aliphatic hydroxyl groups is 1. The Labute approximate surface area is 101 Å². The van der Waals surface area contributed by atoms with Crippen molar-refractivity contribution in [3.05, 3.63) is 35.4 Å². The number of rotatable bonds is 5. The summed E-state index contributed by atoms with van der Waals surface area (Å²) in [5, 5.41) is 8.56. The highest BCUT2D eigenvalue weighted by molar-refractivity contribution is 5.27. The van der Waals surface area contributed by atoms with Crippen LogP contribution in [0.5, 0.6) is 0 Å². The Kier molecular flexibility index (Phi) is 4.67. The molecule has 0 saturated heterocycles. The topological polar surface area (TPSA) is 20.2 Å². The lowest BCUT2D eigenvalue weighted by Gasteiger charge is -2.19. The molecule has 102 valence electrons. The molecule has 6 heteroatoms. The fourth-order valence-electron chi connectivity index (χ4n) is 1.49. The number of hydrogen-bond donors (Lipinski definition) is 1. The van der Waals surface area contributed by atoms with Gasteiger partial charge in [0.1, 0.15) is 0 Å². The van der Waals surface area contributed by atoms with E-state index in [0.717, 1.165) is 12.1 Å². The maximum absolute atomic E-state index is 12.9. The van der Waals surface area contributed by atoms with Crippen molar-refractivity contribution in [1.82, 2.24) is 0 Å².